The fourth-order valence-electron chi connectivity index (χ4n) is 1.40. The van der Waals surface area contributed by atoms with Gasteiger partial charge in [-0.1, -0.05) is 13.8 Å². The van der Waals surface area contributed by atoms with E-state index in [-0.39, 0.29) is 6.04 Å². The highest BCUT2D eigenvalue weighted by Crippen LogP contribution is 2.09. The lowest BCUT2D eigenvalue weighted by Gasteiger charge is -2.12. The summed E-state index contributed by atoms with van der Waals surface area (Å²) < 4.78 is 4.96. The molecule has 68 valence electrons. The summed E-state index contributed by atoms with van der Waals surface area (Å²) >= 11 is 0. The van der Waals surface area contributed by atoms with Crippen LogP contribution in [0.3, 0.4) is 0 Å². The van der Waals surface area contributed by atoms with Gasteiger partial charge in [-0.15, -0.1) is 0 Å². The molecule has 12 heavy (non-hydrogen) atoms. The molecule has 0 radical (unpaired) electrons. The first-order valence-electron chi connectivity index (χ1n) is 4.45. The summed E-state index contributed by atoms with van der Waals surface area (Å²) in [6.45, 7) is 4.38. The van der Waals surface area contributed by atoms with Gasteiger partial charge in [0.1, 0.15) is 0 Å². The molecule has 0 spiro atoms. The molecule has 2 heteroatoms. The second-order valence-electron chi connectivity index (χ2n) is 3.73. The Morgan fingerprint density at radius 1 is 1.50 bits per heavy atom. The van der Waals surface area contributed by atoms with Crippen LogP contribution in [0.4, 0.5) is 0 Å². The van der Waals surface area contributed by atoms with Crippen molar-refractivity contribution < 1.29 is 4.42 Å². The van der Waals surface area contributed by atoms with Crippen molar-refractivity contribution in [3.05, 3.63) is 24.2 Å². The van der Waals surface area contributed by atoms with E-state index < -0.39 is 0 Å². The molecule has 2 N–H and O–H groups in total. The van der Waals surface area contributed by atoms with Crippen LogP contribution in [0.25, 0.3) is 0 Å². The predicted octanol–water partition coefficient (Wildman–Crippen LogP) is 2.20. The molecule has 0 aromatic carbocycles. The van der Waals surface area contributed by atoms with Gasteiger partial charge in [-0.05, 0) is 30.4 Å². The highest BCUT2D eigenvalue weighted by atomic mass is 16.3. The van der Waals surface area contributed by atoms with Crippen LogP contribution in [0.5, 0.6) is 0 Å². The van der Waals surface area contributed by atoms with E-state index in [0.717, 1.165) is 12.8 Å². The number of rotatable bonds is 4. The van der Waals surface area contributed by atoms with E-state index in [9.17, 15) is 0 Å². The quantitative estimate of drug-likeness (QED) is 0.746. The second kappa shape index (κ2) is 4.31. The average molecular weight is 167 g/mol. The Kier molecular flexibility index (Phi) is 3.35. The normalized spacial score (nSPS) is 13.7. The van der Waals surface area contributed by atoms with Gasteiger partial charge in [0, 0.05) is 6.04 Å². The molecule has 1 rings (SSSR count). The zero-order valence-electron chi connectivity index (χ0n) is 7.79. The Balaban J connectivity index is 2.32. The SMILES string of the molecule is CC(C)CC(N)Cc1ccoc1. The fourth-order valence-corrected chi connectivity index (χ4v) is 1.40. The average Bonchev–Trinajstić information content (AvgIpc) is 2.37. The number of nitrogens with two attached hydrogens (primary N) is 1. The highest BCUT2D eigenvalue weighted by molar-refractivity contribution is 5.06. The largest absolute Gasteiger partial charge is 0.472 e. The van der Waals surface area contributed by atoms with Gasteiger partial charge in [0.2, 0.25) is 0 Å². The molecule has 0 saturated heterocycles. The van der Waals surface area contributed by atoms with Crippen LogP contribution in [-0.2, 0) is 6.42 Å². The van der Waals surface area contributed by atoms with Crippen LogP contribution >= 0.6 is 0 Å². The zero-order chi connectivity index (χ0) is 8.97. The molecule has 1 aromatic rings. The molecule has 0 amide bonds. The van der Waals surface area contributed by atoms with E-state index >= 15 is 0 Å². The monoisotopic (exact) mass is 167 g/mol. The van der Waals surface area contributed by atoms with Gasteiger partial charge in [-0.2, -0.15) is 0 Å². The molecule has 0 saturated carbocycles. The molecule has 1 atom stereocenters. The second-order valence-corrected chi connectivity index (χ2v) is 3.73. The number of furan rings is 1. The predicted molar refractivity (Wildman–Crippen MR) is 49.8 cm³/mol. The first-order chi connectivity index (χ1) is 5.68. The van der Waals surface area contributed by atoms with Crippen LogP contribution in [-0.4, -0.2) is 6.04 Å². The maximum Gasteiger partial charge on any atom is 0.0935 e. The van der Waals surface area contributed by atoms with Crippen molar-refractivity contribution in [2.45, 2.75) is 32.7 Å². The van der Waals surface area contributed by atoms with Crippen molar-refractivity contribution in [2.24, 2.45) is 11.7 Å². The molecular formula is C10H17NO. The van der Waals surface area contributed by atoms with Crippen LogP contribution in [0.1, 0.15) is 25.8 Å². The van der Waals surface area contributed by atoms with E-state index in [4.69, 9.17) is 10.2 Å². The maximum atomic E-state index is 5.92. The Morgan fingerprint density at radius 3 is 2.75 bits per heavy atom. The van der Waals surface area contributed by atoms with E-state index in [2.05, 4.69) is 13.8 Å². The summed E-state index contributed by atoms with van der Waals surface area (Å²) in [4.78, 5) is 0. The summed E-state index contributed by atoms with van der Waals surface area (Å²) in [7, 11) is 0. The summed E-state index contributed by atoms with van der Waals surface area (Å²) in [5, 5.41) is 0. The molecule has 1 aromatic heterocycles. The van der Waals surface area contributed by atoms with Crippen LogP contribution < -0.4 is 5.73 Å². The van der Waals surface area contributed by atoms with Crippen molar-refractivity contribution in [3.63, 3.8) is 0 Å². The lowest BCUT2D eigenvalue weighted by Crippen LogP contribution is -2.24. The van der Waals surface area contributed by atoms with Gasteiger partial charge in [-0.25, -0.2) is 0 Å². The van der Waals surface area contributed by atoms with E-state index in [1.54, 1.807) is 12.5 Å². The first kappa shape index (κ1) is 9.33. The number of hydrogen-bond acceptors (Lipinski definition) is 2. The van der Waals surface area contributed by atoms with Crippen molar-refractivity contribution in [1.29, 1.82) is 0 Å². The van der Waals surface area contributed by atoms with Gasteiger partial charge in [0.05, 0.1) is 12.5 Å². The molecule has 2 nitrogen and oxygen atoms in total. The van der Waals surface area contributed by atoms with Gasteiger partial charge >= 0.3 is 0 Å². The Labute approximate surface area is 73.8 Å². The summed E-state index contributed by atoms with van der Waals surface area (Å²) in [6, 6.07) is 2.24. The lowest BCUT2D eigenvalue weighted by molar-refractivity contribution is 0.490. The van der Waals surface area contributed by atoms with E-state index in [0.29, 0.717) is 5.92 Å². The third kappa shape index (κ3) is 3.09. The minimum absolute atomic E-state index is 0.266. The summed E-state index contributed by atoms with van der Waals surface area (Å²) in [5.41, 5.74) is 7.12. The molecular weight excluding hydrogens is 150 g/mol. The zero-order valence-corrected chi connectivity index (χ0v) is 7.79. The minimum atomic E-state index is 0.266. The van der Waals surface area contributed by atoms with Crippen molar-refractivity contribution in [3.8, 4) is 0 Å². The van der Waals surface area contributed by atoms with Gasteiger partial charge < -0.3 is 10.2 Å². The first-order valence-corrected chi connectivity index (χ1v) is 4.45. The van der Waals surface area contributed by atoms with Crippen molar-refractivity contribution in [2.75, 3.05) is 0 Å². The van der Waals surface area contributed by atoms with Gasteiger partial charge in [-0.3, -0.25) is 0 Å². The molecule has 0 aliphatic carbocycles. The van der Waals surface area contributed by atoms with Crippen LogP contribution in [0.15, 0.2) is 23.0 Å². The third-order valence-electron chi connectivity index (χ3n) is 1.85. The van der Waals surface area contributed by atoms with Crippen LogP contribution in [0.2, 0.25) is 0 Å². The Morgan fingerprint density at radius 2 is 2.25 bits per heavy atom. The maximum absolute atomic E-state index is 5.92. The van der Waals surface area contributed by atoms with Gasteiger partial charge in [0.25, 0.3) is 0 Å². The van der Waals surface area contributed by atoms with Crippen molar-refractivity contribution >= 4 is 0 Å². The van der Waals surface area contributed by atoms with Gasteiger partial charge in [0.15, 0.2) is 0 Å². The Hall–Kier alpha value is -0.760. The molecule has 1 unspecified atom stereocenters. The highest BCUT2D eigenvalue weighted by Gasteiger charge is 2.06. The minimum Gasteiger partial charge on any atom is -0.472 e. The summed E-state index contributed by atoms with van der Waals surface area (Å²) in [5.74, 6) is 0.673. The summed E-state index contributed by atoms with van der Waals surface area (Å²) in [6.07, 6.45) is 5.46. The molecule has 0 aliphatic heterocycles. The van der Waals surface area contributed by atoms with Crippen LogP contribution in [0, 0.1) is 5.92 Å². The van der Waals surface area contributed by atoms with E-state index in [1.165, 1.54) is 5.56 Å². The number of hydrogen-bond donors (Lipinski definition) is 1. The molecule has 0 aliphatic rings. The Bertz CT molecular complexity index is 204. The smallest absolute Gasteiger partial charge is 0.0935 e. The lowest BCUT2D eigenvalue weighted by atomic mass is 10.00. The molecule has 1 heterocycles. The molecule has 0 bridgehead atoms. The van der Waals surface area contributed by atoms with E-state index in [1.807, 2.05) is 6.07 Å². The third-order valence-corrected chi connectivity index (χ3v) is 1.85. The topological polar surface area (TPSA) is 39.2 Å². The standard InChI is InChI=1S/C10H17NO/c1-8(2)5-10(11)6-9-3-4-12-7-9/h3-4,7-8,10H,5-6,11H2,1-2H3. The fraction of sp³-hybridized carbons (Fsp3) is 0.600. The van der Waals surface area contributed by atoms with Crippen molar-refractivity contribution in [1.82, 2.24) is 0 Å². The molecule has 0 fully saturated rings.